The summed E-state index contributed by atoms with van der Waals surface area (Å²) >= 11 is 1.57. The van der Waals surface area contributed by atoms with Crippen molar-refractivity contribution in [2.24, 2.45) is 5.92 Å². The molecule has 18 heavy (non-hydrogen) atoms. The third kappa shape index (κ3) is 3.84. The highest BCUT2D eigenvalue weighted by Crippen LogP contribution is 2.34. The maximum atomic E-state index is 11.9. The quantitative estimate of drug-likeness (QED) is 0.799. The van der Waals surface area contributed by atoms with Crippen LogP contribution in [0.5, 0.6) is 0 Å². The first-order valence-electron chi connectivity index (χ1n) is 6.07. The topological polar surface area (TPSA) is 55.4 Å². The number of esters is 1. The Balaban J connectivity index is 1.84. The van der Waals surface area contributed by atoms with Crippen molar-refractivity contribution in [1.82, 2.24) is 5.32 Å². The van der Waals surface area contributed by atoms with Gasteiger partial charge in [-0.25, -0.2) is 0 Å². The summed E-state index contributed by atoms with van der Waals surface area (Å²) in [5.74, 6) is 0.165. The van der Waals surface area contributed by atoms with Crippen molar-refractivity contribution >= 4 is 23.2 Å². The number of carbonyl (C=O) groups is 2. The normalized spacial score (nSPS) is 16.1. The third-order valence-corrected chi connectivity index (χ3v) is 3.94. The van der Waals surface area contributed by atoms with Crippen molar-refractivity contribution in [3.05, 3.63) is 22.4 Å². The van der Waals surface area contributed by atoms with Crippen molar-refractivity contribution in [2.45, 2.75) is 31.7 Å². The van der Waals surface area contributed by atoms with E-state index in [0.717, 1.165) is 17.7 Å². The molecule has 1 aromatic rings. The summed E-state index contributed by atoms with van der Waals surface area (Å²) in [7, 11) is 1.37. The van der Waals surface area contributed by atoms with Crippen molar-refractivity contribution in [1.29, 1.82) is 0 Å². The summed E-state index contributed by atoms with van der Waals surface area (Å²) in [6.45, 7) is 0. The first kappa shape index (κ1) is 13.1. The Morgan fingerprint density at radius 3 is 2.89 bits per heavy atom. The van der Waals surface area contributed by atoms with E-state index in [9.17, 15) is 9.59 Å². The molecule has 1 aliphatic rings. The lowest BCUT2D eigenvalue weighted by molar-refractivity contribution is -0.141. The van der Waals surface area contributed by atoms with Crippen molar-refractivity contribution in [3.8, 4) is 0 Å². The number of rotatable bonds is 6. The van der Waals surface area contributed by atoms with Crippen molar-refractivity contribution in [3.63, 3.8) is 0 Å². The summed E-state index contributed by atoms with van der Waals surface area (Å²) in [6, 6.07) is 3.81. The number of carbonyl (C=O) groups excluding carboxylic acids is 2. The number of hydrogen-bond donors (Lipinski definition) is 1. The molecule has 1 N–H and O–H groups in total. The van der Waals surface area contributed by atoms with Crippen molar-refractivity contribution in [2.75, 3.05) is 7.11 Å². The maximum Gasteiger partial charge on any atom is 0.307 e. The number of nitrogens with one attached hydrogen (secondary N) is 1. The van der Waals surface area contributed by atoms with Crippen LogP contribution in [0.2, 0.25) is 0 Å². The minimum absolute atomic E-state index is 0.0155. The van der Waals surface area contributed by atoms with Gasteiger partial charge in [0.15, 0.2) is 0 Å². The molecule has 0 bridgehead atoms. The zero-order valence-electron chi connectivity index (χ0n) is 10.3. The summed E-state index contributed by atoms with van der Waals surface area (Å²) in [5.41, 5.74) is 0. The smallest absolute Gasteiger partial charge is 0.307 e. The van der Waals surface area contributed by atoms with Crippen molar-refractivity contribution < 1.29 is 14.3 Å². The molecule has 0 saturated heterocycles. The van der Waals surface area contributed by atoms with E-state index in [1.165, 1.54) is 7.11 Å². The Morgan fingerprint density at radius 2 is 2.33 bits per heavy atom. The predicted octanol–water partition coefficient (Wildman–Crippen LogP) is 1.75. The molecule has 1 amide bonds. The lowest BCUT2D eigenvalue weighted by Gasteiger charge is -2.16. The lowest BCUT2D eigenvalue weighted by atomic mass is 10.1. The average molecular weight is 267 g/mol. The Hall–Kier alpha value is -1.36. The van der Waals surface area contributed by atoms with Gasteiger partial charge in [-0.3, -0.25) is 9.59 Å². The van der Waals surface area contributed by atoms with E-state index in [-0.39, 0.29) is 24.3 Å². The van der Waals surface area contributed by atoms with Crippen LogP contribution in [0, 0.1) is 5.92 Å². The third-order valence-electron chi connectivity index (χ3n) is 3.07. The van der Waals surface area contributed by atoms with Gasteiger partial charge < -0.3 is 10.1 Å². The molecule has 1 heterocycles. The molecule has 1 aromatic heterocycles. The summed E-state index contributed by atoms with van der Waals surface area (Å²) in [5, 5.41) is 4.90. The predicted molar refractivity (Wildman–Crippen MR) is 69.3 cm³/mol. The van der Waals surface area contributed by atoms with E-state index in [2.05, 4.69) is 10.1 Å². The van der Waals surface area contributed by atoms with Crippen LogP contribution < -0.4 is 5.32 Å². The summed E-state index contributed by atoms with van der Waals surface area (Å²) in [6.07, 6.45) is 2.83. The molecule has 5 heteroatoms. The number of methoxy groups -OCH3 is 1. The Labute approximate surface area is 110 Å². The number of hydrogen-bond acceptors (Lipinski definition) is 4. The second-order valence-corrected chi connectivity index (χ2v) is 5.58. The number of amides is 1. The van der Waals surface area contributed by atoms with E-state index in [1.54, 1.807) is 11.3 Å². The molecule has 0 spiro atoms. The van der Waals surface area contributed by atoms with Crippen LogP contribution in [0.15, 0.2) is 17.5 Å². The fourth-order valence-electron chi connectivity index (χ4n) is 1.93. The molecule has 1 fully saturated rings. The Bertz CT molecular complexity index is 412. The number of thiophene rings is 1. The van der Waals surface area contributed by atoms with Crippen LogP contribution in [-0.2, 0) is 20.7 Å². The zero-order valence-corrected chi connectivity index (χ0v) is 11.2. The molecular formula is C13H17NO3S. The molecule has 1 atom stereocenters. The maximum absolute atomic E-state index is 11.9. The first-order chi connectivity index (χ1) is 8.69. The van der Waals surface area contributed by atoms with Crippen LogP contribution in [0.3, 0.4) is 0 Å². The monoisotopic (exact) mass is 267 g/mol. The van der Waals surface area contributed by atoms with Gasteiger partial charge in [-0.15, -0.1) is 11.3 Å². The standard InChI is InChI=1S/C13H17NO3S/c1-17-13(16)8-11(9-4-5-9)14-12(15)7-10-3-2-6-18-10/h2-3,6,9,11H,4-5,7-8H2,1H3,(H,14,15)/t11-/m0/s1. The molecule has 0 unspecified atom stereocenters. The van der Waals surface area contributed by atoms with Crippen LogP contribution >= 0.6 is 11.3 Å². The Kier molecular flexibility index (Phi) is 4.36. The van der Waals surface area contributed by atoms with Crippen LogP contribution in [0.1, 0.15) is 24.1 Å². The van der Waals surface area contributed by atoms with Crippen LogP contribution in [0.4, 0.5) is 0 Å². The van der Waals surface area contributed by atoms with E-state index >= 15 is 0 Å². The van der Waals surface area contributed by atoms with E-state index in [0.29, 0.717) is 12.3 Å². The molecule has 1 aliphatic carbocycles. The molecule has 0 radical (unpaired) electrons. The molecule has 4 nitrogen and oxygen atoms in total. The number of ether oxygens (including phenoxy) is 1. The fraction of sp³-hybridized carbons (Fsp3) is 0.538. The van der Waals surface area contributed by atoms with E-state index < -0.39 is 0 Å². The fourth-order valence-corrected chi connectivity index (χ4v) is 2.63. The van der Waals surface area contributed by atoms with Gasteiger partial charge in [-0.05, 0) is 30.2 Å². The largest absolute Gasteiger partial charge is 0.469 e. The first-order valence-corrected chi connectivity index (χ1v) is 6.95. The average Bonchev–Trinajstić information content (AvgIpc) is 3.08. The molecular weight excluding hydrogens is 250 g/mol. The SMILES string of the molecule is COC(=O)C[C@H](NC(=O)Cc1cccs1)C1CC1. The minimum atomic E-state index is -0.261. The van der Waals surface area contributed by atoms with Crippen LogP contribution in [0.25, 0.3) is 0 Å². The molecule has 2 rings (SSSR count). The molecule has 98 valence electrons. The van der Waals surface area contributed by atoms with Gasteiger partial charge in [0.05, 0.1) is 20.0 Å². The lowest BCUT2D eigenvalue weighted by Crippen LogP contribution is -2.39. The van der Waals surface area contributed by atoms with Gasteiger partial charge in [0.1, 0.15) is 0 Å². The van der Waals surface area contributed by atoms with Gasteiger partial charge in [0.25, 0.3) is 0 Å². The highest BCUT2D eigenvalue weighted by molar-refractivity contribution is 7.10. The second kappa shape index (κ2) is 6.00. The van der Waals surface area contributed by atoms with Gasteiger partial charge >= 0.3 is 5.97 Å². The van der Waals surface area contributed by atoms with E-state index in [4.69, 9.17) is 0 Å². The van der Waals surface area contributed by atoms with E-state index in [1.807, 2.05) is 17.5 Å². The van der Waals surface area contributed by atoms with Gasteiger partial charge in [0.2, 0.25) is 5.91 Å². The van der Waals surface area contributed by atoms with Gasteiger partial charge in [0, 0.05) is 10.9 Å². The molecule has 0 aromatic carbocycles. The highest BCUT2D eigenvalue weighted by Gasteiger charge is 2.33. The van der Waals surface area contributed by atoms with Crippen LogP contribution in [-0.4, -0.2) is 25.0 Å². The zero-order chi connectivity index (χ0) is 13.0. The molecule has 0 aliphatic heterocycles. The Morgan fingerprint density at radius 1 is 1.56 bits per heavy atom. The minimum Gasteiger partial charge on any atom is -0.469 e. The molecule has 1 saturated carbocycles. The highest BCUT2D eigenvalue weighted by atomic mass is 32.1. The van der Waals surface area contributed by atoms with Gasteiger partial charge in [-0.2, -0.15) is 0 Å². The van der Waals surface area contributed by atoms with Gasteiger partial charge in [-0.1, -0.05) is 6.07 Å². The second-order valence-electron chi connectivity index (χ2n) is 4.55. The summed E-state index contributed by atoms with van der Waals surface area (Å²) in [4.78, 5) is 24.2. The summed E-state index contributed by atoms with van der Waals surface area (Å²) < 4.78 is 4.66.